The fourth-order valence-corrected chi connectivity index (χ4v) is 4.31. The number of hydrogen-bond donors (Lipinski definition) is 0. The van der Waals surface area contributed by atoms with Crippen LogP contribution in [-0.2, 0) is 21.2 Å². The molecule has 1 fully saturated rings. The fraction of sp³-hybridized carbons (Fsp3) is 0.571. The first-order chi connectivity index (χ1) is 10.7. The van der Waals surface area contributed by atoms with Crippen molar-refractivity contribution >= 4 is 15.7 Å². The molecule has 23 heavy (non-hydrogen) atoms. The van der Waals surface area contributed by atoms with Crippen LogP contribution < -0.4 is 5.56 Å². The number of likely N-dealkylation sites (N-methyl/N-ethyl adjacent to an activating group) is 1. The van der Waals surface area contributed by atoms with Gasteiger partial charge in [0, 0.05) is 13.1 Å². The van der Waals surface area contributed by atoms with Crippen LogP contribution in [0.5, 0.6) is 0 Å². The second-order valence-corrected chi connectivity index (χ2v) is 7.95. The number of hydrogen-bond acceptors (Lipinski definition) is 6. The molecule has 124 valence electrons. The Balaban J connectivity index is 2.23. The second-order valence-electron chi connectivity index (χ2n) is 5.72. The van der Waals surface area contributed by atoms with Gasteiger partial charge in [-0.2, -0.15) is 10.4 Å². The van der Waals surface area contributed by atoms with Gasteiger partial charge in [-0.25, -0.2) is 13.1 Å². The number of aromatic nitrogens is 2. The number of rotatable bonds is 3. The summed E-state index contributed by atoms with van der Waals surface area (Å²) < 4.78 is 24.0. The summed E-state index contributed by atoms with van der Waals surface area (Å²) in [5.41, 5.74) is 0.351. The Morgan fingerprint density at radius 1 is 1.48 bits per heavy atom. The highest BCUT2D eigenvalue weighted by Gasteiger charge is 2.32. The zero-order valence-corrected chi connectivity index (χ0v) is 14.1. The summed E-state index contributed by atoms with van der Waals surface area (Å²) in [7, 11) is -1.58. The van der Waals surface area contributed by atoms with Crippen molar-refractivity contribution < 1.29 is 13.2 Å². The molecule has 1 amide bonds. The molecule has 0 radical (unpaired) electrons. The molecule has 0 aromatic carbocycles. The number of aryl methyl sites for hydroxylation is 1. The molecular weight excluding hydrogens is 320 g/mol. The highest BCUT2D eigenvalue weighted by atomic mass is 32.2. The summed E-state index contributed by atoms with van der Waals surface area (Å²) >= 11 is 0. The smallest absolute Gasteiger partial charge is 0.285 e. The van der Waals surface area contributed by atoms with Crippen LogP contribution >= 0.6 is 0 Å². The van der Waals surface area contributed by atoms with E-state index in [0.717, 1.165) is 4.68 Å². The molecule has 0 spiro atoms. The zero-order valence-electron chi connectivity index (χ0n) is 13.2. The van der Waals surface area contributed by atoms with Crippen LogP contribution in [0.3, 0.4) is 0 Å². The number of carbonyl (C=O) groups excluding carboxylic acids is 1. The SMILES string of the molecule is Cc1nn(CC(=O)N(C)[C@@H]2CCS(=O)(=O)C2)c(=O)c(C#N)c1C. The van der Waals surface area contributed by atoms with E-state index in [9.17, 15) is 18.0 Å². The third kappa shape index (κ3) is 3.42. The predicted molar refractivity (Wildman–Crippen MR) is 82.5 cm³/mol. The van der Waals surface area contributed by atoms with E-state index < -0.39 is 21.3 Å². The monoisotopic (exact) mass is 338 g/mol. The topological polar surface area (TPSA) is 113 Å². The molecular formula is C14H18N4O4S. The van der Waals surface area contributed by atoms with Crippen molar-refractivity contribution in [3.8, 4) is 6.07 Å². The lowest BCUT2D eigenvalue weighted by atomic mass is 10.1. The van der Waals surface area contributed by atoms with Gasteiger partial charge in [0.2, 0.25) is 5.91 Å². The van der Waals surface area contributed by atoms with E-state index in [-0.39, 0.29) is 29.7 Å². The lowest BCUT2D eigenvalue weighted by molar-refractivity contribution is -0.132. The van der Waals surface area contributed by atoms with Gasteiger partial charge in [-0.05, 0) is 25.8 Å². The van der Waals surface area contributed by atoms with Gasteiger partial charge >= 0.3 is 0 Å². The normalized spacial score (nSPS) is 19.3. The van der Waals surface area contributed by atoms with Crippen LogP contribution in [0, 0.1) is 25.2 Å². The number of amides is 1. The highest BCUT2D eigenvalue weighted by Crippen LogP contribution is 2.16. The van der Waals surface area contributed by atoms with E-state index in [1.165, 1.54) is 11.9 Å². The maximum atomic E-state index is 12.3. The molecule has 0 aliphatic carbocycles. The third-order valence-corrected chi connectivity index (χ3v) is 5.93. The molecule has 8 nitrogen and oxygen atoms in total. The van der Waals surface area contributed by atoms with Crippen LogP contribution in [0.25, 0.3) is 0 Å². The van der Waals surface area contributed by atoms with E-state index in [2.05, 4.69) is 5.10 Å². The molecule has 2 rings (SSSR count). The van der Waals surface area contributed by atoms with Crippen molar-refractivity contribution in [2.45, 2.75) is 32.9 Å². The molecule has 1 aromatic rings. The Hall–Kier alpha value is -2.21. The minimum atomic E-state index is -3.10. The van der Waals surface area contributed by atoms with Gasteiger partial charge in [0.25, 0.3) is 5.56 Å². The third-order valence-electron chi connectivity index (χ3n) is 4.18. The van der Waals surface area contributed by atoms with E-state index in [1.54, 1.807) is 13.8 Å². The lowest BCUT2D eigenvalue weighted by Crippen LogP contribution is -2.42. The van der Waals surface area contributed by atoms with Crippen molar-refractivity contribution in [1.82, 2.24) is 14.7 Å². The predicted octanol–water partition coefficient (Wildman–Crippen LogP) is -0.623. The van der Waals surface area contributed by atoms with Crippen LogP contribution in [0.2, 0.25) is 0 Å². The molecule has 1 aliphatic heterocycles. The fourth-order valence-electron chi connectivity index (χ4n) is 2.53. The van der Waals surface area contributed by atoms with Gasteiger partial charge in [-0.1, -0.05) is 0 Å². The second kappa shape index (κ2) is 6.12. The Labute approximate surface area is 134 Å². The largest absolute Gasteiger partial charge is 0.340 e. The first-order valence-electron chi connectivity index (χ1n) is 7.11. The standard InChI is InChI=1S/C14H18N4O4S/c1-9-10(2)16-18(14(20)12(9)6-15)7-13(19)17(3)11-4-5-23(21,22)8-11/h11H,4-5,7-8H2,1-3H3/t11-/m1/s1. The summed E-state index contributed by atoms with van der Waals surface area (Å²) in [5, 5.41) is 13.1. The number of nitrogens with zero attached hydrogens (tertiary/aromatic N) is 4. The molecule has 0 bridgehead atoms. The van der Waals surface area contributed by atoms with Crippen molar-refractivity contribution in [2.24, 2.45) is 0 Å². The van der Waals surface area contributed by atoms with E-state index in [1.807, 2.05) is 6.07 Å². The first-order valence-corrected chi connectivity index (χ1v) is 8.93. The molecule has 0 saturated carbocycles. The Kier molecular flexibility index (Phi) is 4.56. The maximum absolute atomic E-state index is 12.3. The summed E-state index contributed by atoms with van der Waals surface area (Å²) in [6.45, 7) is 2.97. The summed E-state index contributed by atoms with van der Waals surface area (Å²) in [6, 6.07) is 1.45. The number of carbonyl (C=O) groups is 1. The van der Waals surface area contributed by atoms with Gasteiger partial charge in [0.05, 0.1) is 17.2 Å². The van der Waals surface area contributed by atoms with Gasteiger partial charge in [0.15, 0.2) is 9.84 Å². The lowest BCUT2D eigenvalue weighted by Gasteiger charge is -2.23. The van der Waals surface area contributed by atoms with Crippen LogP contribution in [0.4, 0.5) is 0 Å². The van der Waals surface area contributed by atoms with Gasteiger partial charge < -0.3 is 4.90 Å². The van der Waals surface area contributed by atoms with Gasteiger partial charge in [-0.3, -0.25) is 9.59 Å². The molecule has 9 heteroatoms. The molecule has 1 aromatic heterocycles. The van der Waals surface area contributed by atoms with Crippen molar-refractivity contribution in [3.05, 3.63) is 27.2 Å². The average Bonchev–Trinajstić information content (AvgIpc) is 2.84. The molecule has 1 aliphatic rings. The maximum Gasteiger partial charge on any atom is 0.285 e. The van der Waals surface area contributed by atoms with Crippen molar-refractivity contribution in [3.63, 3.8) is 0 Å². The highest BCUT2D eigenvalue weighted by molar-refractivity contribution is 7.91. The van der Waals surface area contributed by atoms with Crippen molar-refractivity contribution in [2.75, 3.05) is 18.6 Å². The summed E-state index contributed by atoms with van der Waals surface area (Å²) in [5.74, 6) is -0.405. The average molecular weight is 338 g/mol. The molecule has 0 N–H and O–H groups in total. The molecule has 1 saturated heterocycles. The van der Waals surface area contributed by atoms with Crippen LogP contribution in [0.15, 0.2) is 4.79 Å². The molecule has 2 heterocycles. The van der Waals surface area contributed by atoms with Gasteiger partial charge in [-0.15, -0.1) is 0 Å². The van der Waals surface area contributed by atoms with Crippen LogP contribution in [-0.4, -0.2) is 53.6 Å². The Morgan fingerprint density at radius 3 is 2.65 bits per heavy atom. The first kappa shape index (κ1) is 17.1. The van der Waals surface area contributed by atoms with E-state index in [0.29, 0.717) is 17.7 Å². The van der Waals surface area contributed by atoms with E-state index in [4.69, 9.17) is 5.26 Å². The van der Waals surface area contributed by atoms with Crippen LogP contribution in [0.1, 0.15) is 23.2 Å². The Bertz CT molecular complexity index is 851. The number of sulfone groups is 1. The summed E-state index contributed by atoms with van der Waals surface area (Å²) in [6.07, 6.45) is 0.392. The van der Waals surface area contributed by atoms with Gasteiger partial charge in [0.1, 0.15) is 18.2 Å². The number of nitriles is 1. The molecule has 0 unspecified atom stereocenters. The van der Waals surface area contributed by atoms with E-state index >= 15 is 0 Å². The minimum Gasteiger partial charge on any atom is -0.340 e. The minimum absolute atomic E-state index is 0.0311. The summed E-state index contributed by atoms with van der Waals surface area (Å²) in [4.78, 5) is 25.8. The molecule has 1 atom stereocenters. The Morgan fingerprint density at radius 2 is 2.13 bits per heavy atom. The van der Waals surface area contributed by atoms with Crippen molar-refractivity contribution in [1.29, 1.82) is 5.26 Å². The zero-order chi connectivity index (χ0) is 17.4. The quantitative estimate of drug-likeness (QED) is 0.725.